The Bertz CT molecular complexity index is 582. The molecule has 2 aromatic heterocycles. The Morgan fingerprint density at radius 2 is 2.43 bits per heavy atom. The fraction of sp³-hybridized carbons (Fsp3) is 0.562. The highest BCUT2D eigenvalue weighted by Gasteiger charge is 2.25. The molecule has 0 unspecified atom stereocenters. The number of rotatable bonds is 7. The van der Waals surface area contributed by atoms with Crippen molar-refractivity contribution in [1.29, 1.82) is 0 Å². The lowest BCUT2D eigenvalue weighted by molar-refractivity contribution is -0.126. The van der Waals surface area contributed by atoms with E-state index in [-0.39, 0.29) is 11.8 Å². The molecule has 0 bridgehead atoms. The number of aromatic nitrogens is 3. The lowest BCUT2D eigenvalue weighted by atomic mass is 9.97. The van der Waals surface area contributed by atoms with Crippen LogP contribution in [0, 0.1) is 5.92 Å². The van der Waals surface area contributed by atoms with Crippen LogP contribution >= 0.6 is 0 Å². The number of nitrogens with zero attached hydrogens (tertiary/aromatic N) is 4. The van der Waals surface area contributed by atoms with Gasteiger partial charge in [-0.1, -0.05) is 0 Å². The molecular formula is C16H23N5O2. The van der Waals surface area contributed by atoms with Crippen LogP contribution in [0.4, 0.5) is 0 Å². The Morgan fingerprint density at radius 3 is 3.22 bits per heavy atom. The first-order valence-corrected chi connectivity index (χ1v) is 8.16. The lowest BCUT2D eigenvalue weighted by Gasteiger charge is -2.31. The van der Waals surface area contributed by atoms with Crippen LogP contribution in [0.15, 0.2) is 35.5 Å². The molecule has 1 aliphatic heterocycles. The second-order valence-electron chi connectivity index (χ2n) is 5.96. The topological polar surface area (TPSA) is 76.2 Å². The smallest absolute Gasteiger partial charge is 0.224 e. The van der Waals surface area contributed by atoms with Gasteiger partial charge in [-0.15, -0.1) is 0 Å². The summed E-state index contributed by atoms with van der Waals surface area (Å²) >= 11 is 0. The molecule has 7 nitrogen and oxygen atoms in total. The highest BCUT2D eigenvalue weighted by Crippen LogP contribution is 2.19. The van der Waals surface area contributed by atoms with E-state index >= 15 is 0 Å². The summed E-state index contributed by atoms with van der Waals surface area (Å²) < 4.78 is 7.17. The van der Waals surface area contributed by atoms with Gasteiger partial charge in [-0.25, -0.2) is 4.98 Å². The zero-order valence-electron chi connectivity index (χ0n) is 13.2. The van der Waals surface area contributed by atoms with E-state index in [9.17, 15) is 4.79 Å². The summed E-state index contributed by atoms with van der Waals surface area (Å²) in [5.74, 6) is 1.19. The molecule has 124 valence electrons. The Balaban J connectivity index is 1.38. The van der Waals surface area contributed by atoms with Gasteiger partial charge >= 0.3 is 0 Å². The summed E-state index contributed by atoms with van der Waals surface area (Å²) in [5.41, 5.74) is 0. The maximum atomic E-state index is 12.3. The molecule has 0 saturated carbocycles. The third kappa shape index (κ3) is 4.66. The Morgan fingerprint density at radius 1 is 1.48 bits per heavy atom. The molecule has 1 amide bonds. The molecule has 7 heteroatoms. The molecule has 0 radical (unpaired) electrons. The number of carbonyl (C=O) groups is 1. The van der Waals surface area contributed by atoms with E-state index in [1.807, 2.05) is 12.1 Å². The summed E-state index contributed by atoms with van der Waals surface area (Å²) in [5, 5.41) is 7.09. The van der Waals surface area contributed by atoms with Crippen molar-refractivity contribution >= 4 is 5.91 Å². The Labute approximate surface area is 135 Å². The number of nitrogens with one attached hydrogen (secondary N) is 1. The fourth-order valence-corrected chi connectivity index (χ4v) is 2.98. The molecule has 1 fully saturated rings. The van der Waals surface area contributed by atoms with E-state index in [2.05, 4.69) is 20.3 Å². The van der Waals surface area contributed by atoms with Crippen molar-refractivity contribution < 1.29 is 9.21 Å². The third-order valence-electron chi connectivity index (χ3n) is 4.17. The van der Waals surface area contributed by atoms with Gasteiger partial charge in [-0.05, 0) is 37.9 Å². The van der Waals surface area contributed by atoms with Gasteiger partial charge in [0.15, 0.2) is 0 Å². The summed E-state index contributed by atoms with van der Waals surface area (Å²) in [6.07, 6.45) is 7.78. The van der Waals surface area contributed by atoms with Crippen LogP contribution in [0.2, 0.25) is 0 Å². The zero-order valence-corrected chi connectivity index (χ0v) is 13.2. The highest BCUT2D eigenvalue weighted by molar-refractivity contribution is 5.78. The SMILES string of the molecule is O=C(NCCCn1cncn1)[C@H]1CCCN(Cc2ccco2)C1. The van der Waals surface area contributed by atoms with E-state index in [0.717, 1.165) is 51.2 Å². The predicted molar refractivity (Wildman–Crippen MR) is 84.4 cm³/mol. The van der Waals surface area contributed by atoms with Crippen molar-refractivity contribution in [3.05, 3.63) is 36.8 Å². The first-order chi connectivity index (χ1) is 11.3. The Hall–Kier alpha value is -2.15. The second kappa shape index (κ2) is 7.92. The van der Waals surface area contributed by atoms with Crippen molar-refractivity contribution in [2.75, 3.05) is 19.6 Å². The number of amides is 1. The molecule has 1 aliphatic rings. The van der Waals surface area contributed by atoms with Gasteiger partial charge in [0.1, 0.15) is 18.4 Å². The van der Waals surface area contributed by atoms with Gasteiger partial charge in [0.2, 0.25) is 5.91 Å². The Kier molecular flexibility index (Phi) is 5.42. The molecule has 1 atom stereocenters. The highest BCUT2D eigenvalue weighted by atomic mass is 16.3. The first kappa shape index (κ1) is 15.7. The van der Waals surface area contributed by atoms with Crippen molar-refractivity contribution in [1.82, 2.24) is 25.0 Å². The summed E-state index contributed by atoms with van der Waals surface area (Å²) in [6.45, 7) is 4.05. The number of piperidine rings is 1. The summed E-state index contributed by atoms with van der Waals surface area (Å²) in [7, 11) is 0. The second-order valence-corrected chi connectivity index (χ2v) is 5.96. The van der Waals surface area contributed by atoms with Crippen LogP contribution in [-0.2, 0) is 17.9 Å². The number of aryl methyl sites for hydroxylation is 1. The molecule has 3 rings (SSSR count). The minimum absolute atomic E-state index is 0.0742. The minimum atomic E-state index is 0.0742. The van der Waals surface area contributed by atoms with Crippen molar-refractivity contribution in [3.8, 4) is 0 Å². The predicted octanol–water partition coefficient (Wildman–Crippen LogP) is 1.29. The van der Waals surface area contributed by atoms with E-state index in [1.54, 1.807) is 17.3 Å². The largest absolute Gasteiger partial charge is 0.468 e. The summed E-state index contributed by atoms with van der Waals surface area (Å²) in [6, 6.07) is 3.88. The molecule has 1 saturated heterocycles. The van der Waals surface area contributed by atoms with Gasteiger partial charge in [0.05, 0.1) is 18.7 Å². The molecular weight excluding hydrogens is 294 g/mol. The number of hydrogen-bond acceptors (Lipinski definition) is 5. The van der Waals surface area contributed by atoms with Crippen LogP contribution in [0.25, 0.3) is 0 Å². The molecule has 23 heavy (non-hydrogen) atoms. The van der Waals surface area contributed by atoms with Crippen molar-refractivity contribution in [3.63, 3.8) is 0 Å². The average molecular weight is 317 g/mol. The number of likely N-dealkylation sites (tertiary alicyclic amines) is 1. The number of carbonyl (C=O) groups excluding carboxylic acids is 1. The monoisotopic (exact) mass is 317 g/mol. The lowest BCUT2D eigenvalue weighted by Crippen LogP contribution is -2.42. The van der Waals surface area contributed by atoms with Gasteiger partial charge in [-0.3, -0.25) is 14.4 Å². The van der Waals surface area contributed by atoms with Gasteiger partial charge in [-0.2, -0.15) is 5.10 Å². The van der Waals surface area contributed by atoms with Gasteiger partial charge < -0.3 is 9.73 Å². The average Bonchev–Trinajstić information content (AvgIpc) is 3.25. The zero-order chi connectivity index (χ0) is 15.9. The van der Waals surface area contributed by atoms with Gasteiger partial charge in [0.25, 0.3) is 0 Å². The normalized spacial score (nSPS) is 18.9. The number of furan rings is 1. The van der Waals surface area contributed by atoms with Crippen LogP contribution in [0.5, 0.6) is 0 Å². The number of hydrogen-bond donors (Lipinski definition) is 1. The van der Waals surface area contributed by atoms with Crippen LogP contribution in [0.3, 0.4) is 0 Å². The quantitative estimate of drug-likeness (QED) is 0.779. The van der Waals surface area contributed by atoms with E-state index < -0.39 is 0 Å². The van der Waals surface area contributed by atoms with E-state index in [0.29, 0.717) is 6.54 Å². The molecule has 2 aromatic rings. The maximum absolute atomic E-state index is 12.3. The van der Waals surface area contributed by atoms with E-state index in [4.69, 9.17) is 4.42 Å². The maximum Gasteiger partial charge on any atom is 0.224 e. The summed E-state index contributed by atoms with van der Waals surface area (Å²) in [4.78, 5) is 18.5. The van der Waals surface area contributed by atoms with Crippen LogP contribution in [0.1, 0.15) is 25.0 Å². The molecule has 0 aromatic carbocycles. The molecule has 3 heterocycles. The fourth-order valence-electron chi connectivity index (χ4n) is 2.98. The first-order valence-electron chi connectivity index (χ1n) is 8.16. The standard InChI is InChI=1S/C16H23N5O2/c22-16(18-6-3-8-21-13-17-12-19-21)14-4-1-7-20(10-14)11-15-5-2-9-23-15/h2,5,9,12-14H,1,3-4,6-8,10-11H2,(H,18,22)/t14-/m0/s1. The van der Waals surface area contributed by atoms with Crippen molar-refractivity contribution in [2.45, 2.75) is 32.4 Å². The van der Waals surface area contributed by atoms with Crippen molar-refractivity contribution in [2.24, 2.45) is 5.92 Å². The minimum Gasteiger partial charge on any atom is -0.468 e. The van der Waals surface area contributed by atoms with Gasteiger partial charge in [0, 0.05) is 19.6 Å². The molecule has 0 aliphatic carbocycles. The van der Waals surface area contributed by atoms with Crippen LogP contribution < -0.4 is 5.32 Å². The third-order valence-corrected chi connectivity index (χ3v) is 4.17. The molecule has 1 N–H and O–H groups in total. The van der Waals surface area contributed by atoms with Crippen LogP contribution in [-0.4, -0.2) is 45.2 Å². The van der Waals surface area contributed by atoms with E-state index in [1.165, 1.54) is 6.33 Å². The molecule has 0 spiro atoms.